The van der Waals surface area contributed by atoms with Gasteiger partial charge in [0.25, 0.3) is 0 Å². The Bertz CT molecular complexity index is 237. The van der Waals surface area contributed by atoms with Crippen molar-refractivity contribution >= 4 is 5.91 Å². The van der Waals surface area contributed by atoms with Gasteiger partial charge in [-0.3, -0.25) is 4.79 Å². The van der Waals surface area contributed by atoms with Crippen molar-refractivity contribution in [1.82, 2.24) is 5.32 Å². The number of aliphatic hydroxyl groups excluding tert-OH is 1. The largest absolute Gasteiger partial charge is 0.391 e. The lowest BCUT2D eigenvalue weighted by molar-refractivity contribution is -0.125. The quantitative estimate of drug-likeness (QED) is 0.661. The minimum Gasteiger partial charge on any atom is -0.391 e. The second-order valence-electron chi connectivity index (χ2n) is 5.01. The van der Waals surface area contributed by atoms with E-state index in [0.717, 1.165) is 19.3 Å². The number of carbonyl (C=O) groups excluding carboxylic acids is 1. The van der Waals surface area contributed by atoms with Crippen molar-refractivity contribution in [2.24, 2.45) is 11.3 Å². The molecule has 0 spiro atoms. The molecule has 2 saturated carbocycles. The molecular formula is C10H17NO2. The molecule has 2 N–H and O–H groups in total. The Labute approximate surface area is 78.5 Å². The number of amides is 1. The molecule has 0 saturated heterocycles. The van der Waals surface area contributed by atoms with Crippen molar-refractivity contribution in [3.05, 3.63) is 0 Å². The molecule has 2 aliphatic carbocycles. The van der Waals surface area contributed by atoms with Crippen LogP contribution in [-0.4, -0.2) is 23.2 Å². The van der Waals surface area contributed by atoms with Crippen molar-refractivity contribution in [2.75, 3.05) is 0 Å². The average molecular weight is 183 g/mol. The minimum absolute atomic E-state index is 0.0314. The van der Waals surface area contributed by atoms with Gasteiger partial charge >= 0.3 is 0 Å². The number of hydrogen-bond acceptors (Lipinski definition) is 2. The summed E-state index contributed by atoms with van der Waals surface area (Å²) in [6.07, 6.45) is 2.45. The second-order valence-corrected chi connectivity index (χ2v) is 5.01. The fourth-order valence-electron chi connectivity index (χ4n) is 1.85. The normalized spacial score (nSPS) is 40.7. The van der Waals surface area contributed by atoms with E-state index in [0.29, 0.717) is 0 Å². The molecule has 0 radical (unpaired) electrons. The summed E-state index contributed by atoms with van der Waals surface area (Å²) in [5.74, 6) is 0.314. The van der Waals surface area contributed by atoms with E-state index in [1.165, 1.54) is 0 Å². The molecule has 0 aromatic rings. The van der Waals surface area contributed by atoms with Gasteiger partial charge in [-0.15, -0.1) is 0 Å². The maximum absolute atomic E-state index is 11.5. The minimum atomic E-state index is -0.300. The van der Waals surface area contributed by atoms with Crippen LogP contribution in [0.1, 0.15) is 33.1 Å². The van der Waals surface area contributed by atoms with Crippen LogP contribution >= 0.6 is 0 Å². The first-order valence-electron chi connectivity index (χ1n) is 4.99. The first-order valence-corrected chi connectivity index (χ1v) is 4.99. The molecule has 2 rings (SSSR count). The zero-order valence-electron chi connectivity index (χ0n) is 8.21. The van der Waals surface area contributed by atoms with Crippen molar-refractivity contribution in [1.29, 1.82) is 0 Å². The van der Waals surface area contributed by atoms with Gasteiger partial charge in [0.05, 0.1) is 12.1 Å². The molecule has 2 aliphatic rings. The van der Waals surface area contributed by atoms with E-state index in [4.69, 9.17) is 0 Å². The summed E-state index contributed by atoms with van der Waals surface area (Å²) in [6, 6.07) is 0.0314. The number of hydrogen-bond donors (Lipinski definition) is 2. The van der Waals surface area contributed by atoms with Gasteiger partial charge in [0, 0.05) is 5.92 Å². The first kappa shape index (κ1) is 9.00. The Morgan fingerprint density at radius 3 is 2.38 bits per heavy atom. The van der Waals surface area contributed by atoms with Crippen LogP contribution in [0.5, 0.6) is 0 Å². The summed E-state index contributed by atoms with van der Waals surface area (Å²) in [5, 5.41) is 12.2. The van der Waals surface area contributed by atoms with Crippen LogP contribution in [0.4, 0.5) is 0 Å². The summed E-state index contributed by atoms with van der Waals surface area (Å²) in [7, 11) is 0. The molecule has 1 amide bonds. The molecular weight excluding hydrogens is 166 g/mol. The summed E-state index contributed by atoms with van der Waals surface area (Å²) in [6.45, 7) is 4.21. The van der Waals surface area contributed by atoms with Gasteiger partial charge in [-0.2, -0.15) is 0 Å². The van der Waals surface area contributed by atoms with Crippen LogP contribution in [0.2, 0.25) is 0 Å². The topological polar surface area (TPSA) is 49.3 Å². The standard InChI is InChI=1S/C10H17NO2/c1-10(2)5-6(10)9(13)11-7-3-4-8(7)12/h6-8,12H,3-5H2,1-2H3,(H,11,13)/t6?,7-,8-/m1/s1. The predicted molar refractivity (Wildman–Crippen MR) is 49.1 cm³/mol. The molecule has 0 aromatic heterocycles. The van der Waals surface area contributed by atoms with Crippen LogP contribution in [0, 0.1) is 11.3 Å². The first-order chi connectivity index (χ1) is 6.00. The highest BCUT2D eigenvalue weighted by molar-refractivity contribution is 5.82. The van der Waals surface area contributed by atoms with Gasteiger partial charge in [0.15, 0.2) is 0 Å². The Kier molecular flexibility index (Phi) is 1.88. The zero-order valence-corrected chi connectivity index (χ0v) is 8.21. The Morgan fingerprint density at radius 1 is 1.46 bits per heavy atom. The van der Waals surface area contributed by atoms with Crippen LogP contribution in [0.25, 0.3) is 0 Å². The van der Waals surface area contributed by atoms with E-state index >= 15 is 0 Å². The Morgan fingerprint density at radius 2 is 2.08 bits per heavy atom. The molecule has 2 fully saturated rings. The zero-order chi connectivity index (χ0) is 9.64. The van der Waals surface area contributed by atoms with E-state index in [-0.39, 0.29) is 29.4 Å². The van der Waals surface area contributed by atoms with Gasteiger partial charge in [-0.05, 0) is 24.7 Å². The summed E-state index contributed by atoms with van der Waals surface area (Å²) >= 11 is 0. The lowest BCUT2D eigenvalue weighted by Gasteiger charge is -2.33. The van der Waals surface area contributed by atoms with E-state index in [9.17, 15) is 9.90 Å². The predicted octanol–water partition coefficient (Wildman–Crippen LogP) is 0.672. The van der Waals surface area contributed by atoms with Crippen LogP contribution in [0.3, 0.4) is 0 Å². The second kappa shape index (κ2) is 2.71. The molecule has 3 atom stereocenters. The van der Waals surface area contributed by atoms with E-state index in [1.54, 1.807) is 0 Å². The molecule has 74 valence electrons. The summed E-state index contributed by atoms with van der Waals surface area (Å²) in [4.78, 5) is 11.5. The molecule has 3 heteroatoms. The fraction of sp³-hybridized carbons (Fsp3) is 0.900. The highest BCUT2D eigenvalue weighted by Gasteiger charge is 2.51. The molecule has 0 heterocycles. The number of carbonyl (C=O) groups is 1. The maximum Gasteiger partial charge on any atom is 0.223 e. The van der Waals surface area contributed by atoms with E-state index < -0.39 is 0 Å². The molecule has 3 nitrogen and oxygen atoms in total. The number of nitrogens with one attached hydrogen (secondary N) is 1. The van der Waals surface area contributed by atoms with E-state index in [1.807, 2.05) is 0 Å². The number of rotatable bonds is 2. The Balaban J connectivity index is 1.80. The highest BCUT2D eigenvalue weighted by atomic mass is 16.3. The van der Waals surface area contributed by atoms with Crippen molar-refractivity contribution in [3.8, 4) is 0 Å². The van der Waals surface area contributed by atoms with Gasteiger partial charge in [-0.1, -0.05) is 13.8 Å². The van der Waals surface area contributed by atoms with Gasteiger partial charge in [-0.25, -0.2) is 0 Å². The van der Waals surface area contributed by atoms with Crippen LogP contribution in [0.15, 0.2) is 0 Å². The molecule has 1 unspecified atom stereocenters. The SMILES string of the molecule is CC1(C)CC1C(=O)N[C@@H]1CC[C@H]1O. The molecule has 0 bridgehead atoms. The third-order valence-corrected chi connectivity index (χ3v) is 3.40. The van der Waals surface area contributed by atoms with Crippen molar-refractivity contribution < 1.29 is 9.90 Å². The maximum atomic E-state index is 11.5. The summed E-state index contributed by atoms with van der Waals surface area (Å²) in [5.41, 5.74) is 0.193. The molecule has 13 heavy (non-hydrogen) atoms. The lowest BCUT2D eigenvalue weighted by atomic mass is 9.89. The van der Waals surface area contributed by atoms with Gasteiger partial charge < -0.3 is 10.4 Å². The van der Waals surface area contributed by atoms with Crippen molar-refractivity contribution in [2.45, 2.75) is 45.3 Å². The third kappa shape index (κ3) is 1.57. The average Bonchev–Trinajstić information content (AvgIpc) is 2.68. The van der Waals surface area contributed by atoms with Gasteiger partial charge in [0.2, 0.25) is 5.91 Å². The van der Waals surface area contributed by atoms with Crippen LogP contribution in [-0.2, 0) is 4.79 Å². The van der Waals surface area contributed by atoms with Crippen LogP contribution < -0.4 is 5.32 Å². The molecule has 0 aliphatic heterocycles. The fourth-order valence-corrected chi connectivity index (χ4v) is 1.85. The monoisotopic (exact) mass is 183 g/mol. The third-order valence-electron chi connectivity index (χ3n) is 3.40. The van der Waals surface area contributed by atoms with Crippen molar-refractivity contribution in [3.63, 3.8) is 0 Å². The smallest absolute Gasteiger partial charge is 0.223 e. The van der Waals surface area contributed by atoms with E-state index in [2.05, 4.69) is 19.2 Å². The molecule has 0 aromatic carbocycles. The summed E-state index contributed by atoms with van der Waals surface area (Å²) < 4.78 is 0. The Hall–Kier alpha value is -0.570. The highest BCUT2D eigenvalue weighted by Crippen LogP contribution is 2.51. The number of aliphatic hydroxyl groups is 1. The van der Waals surface area contributed by atoms with Gasteiger partial charge in [0.1, 0.15) is 0 Å². The lowest BCUT2D eigenvalue weighted by Crippen LogP contribution is -2.50.